The lowest BCUT2D eigenvalue weighted by atomic mass is 9.64. The van der Waals surface area contributed by atoms with Gasteiger partial charge in [-0.1, -0.05) is 24.6 Å². The summed E-state index contributed by atoms with van der Waals surface area (Å²) < 4.78 is 5.83. The smallest absolute Gasteiger partial charge is 0.314 e. The van der Waals surface area contributed by atoms with Gasteiger partial charge in [-0.25, -0.2) is 0 Å². The summed E-state index contributed by atoms with van der Waals surface area (Å²) in [6.07, 6.45) is 4.93. The van der Waals surface area contributed by atoms with Crippen molar-refractivity contribution in [2.75, 3.05) is 6.61 Å². The lowest BCUT2D eigenvalue weighted by Gasteiger charge is -2.38. The molecule has 0 radical (unpaired) electrons. The first-order valence-corrected chi connectivity index (χ1v) is 6.68. The summed E-state index contributed by atoms with van der Waals surface area (Å²) in [6, 6.07) is 7.64. The highest BCUT2D eigenvalue weighted by molar-refractivity contribution is 5.83. The van der Waals surface area contributed by atoms with Crippen molar-refractivity contribution in [3.05, 3.63) is 29.8 Å². The molecule has 0 saturated heterocycles. The quantitative estimate of drug-likeness (QED) is 0.868. The van der Waals surface area contributed by atoms with Crippen LogP contribution in [0.5, 0.6) is 5.75 Å². The molecule has 2 saturated carbocycles. The number of rotatable bonds is 5. The SMILES string of the molecule is O=C(O)C1(c2ccccc2OCC2CC2)CCC1. The summed E-state index contributed by atoms with van der Waals surface area (Å²) in [4.78, 5) is 11.6. The molecule has 0 aromatic heterocycles. The normalized spacial score (nSPS) is 21.1. The monoisotopic (exact) mass is 246 g/mol. The minimum Gasteiger partial charge on any atom is -0.493 e. The van der Waals surface area contributed by atoms with Crippen molar-refractivity contribution >= 4 is 5.97 Å². The molecule has 18 heavy (non-hydrogen) atoms. The molecule has 0 atom stereocenters. The van der Waals surface area contributed by atoms with E-state index in [1.54, 1.807) is 0 Å². The summed E-state index contributed by atoms with van der Waals surface area (Å²) in [5.74, 6) is 0.739. The lowest BCUT2D eigenvalue weighted by molar-refractivity contribution is -0.147. The third-order valence-electron chi connectivity index (χ3n) is 4.19. The van der Waals surface area contributed by atoms with E-state index in [1.807, 2.05) is 24.3 Å². The Bertz CT molecular complexity index is 459. The maximum Gasteiger partial charge on any atom is 0.314 e. The average molecular weight is 246 g/mol. The summed E-state index contributed by atoms with van der Waals surface area (Å²) in [5.41, 5.74) is 0.171. The molecular formula is C15H18O3. The first kappa shape index (κ1) is 11.6. The Balaban J connectivity index is 1.87. The van der Waals surface area contributed by atoms with Gasteiger partial charge in [0.1, 0.15) is 5.75 Å². The van der Waals surface area contributed by atoms with E-state index in [0.29, 0.717) is 5.92 Å². The molecule has 96 valence electrons. The molecule has 2 aliphatic carbocycles. The molecule has 2 fully saturated rings. The highest BCUT2D eigenvalue weighted by atomic mass is 16.5. The van der Waals surface area contributed by atoms with Gasteiger partial charge in [0, 0.05) is 5.56 Å². The largest absolute Gasteiger partial charge is 0.493 e. The molecule has 3 rings (SSSR count). The molecule has 0 amide bonds. The number of aliphatic carboxylic acids is 1. The first-order valence-electron chi connectivity index (χ1n) is 6.68. The molecular weight excluding hydrogens is 228 g/mol. The Kier molecular flexibility index (Phi) is 2.77. The molecule has 3 nitrogen and oxygen atoms in total. The Morgan fingerprint density at radius 3 is 2.61 bits per heavy atom. The van der Waals surface area contributed by atoms with E-state index in [-0.39, 0.29) is 0 Å². The fraction of sp³-hybridized carbons (Fsp3) is 0.533. The van der Waals surface area contributed by atoms with Gasteiger partial charge in [0.05, 0.1) is 12.0 Å². The molecule has 3 heteroatoms. The van der Waals surface area contributed by atoms with Crippen LogP contribution in [0, 0.1) is 5.92 Å². The maximum atomic E-state index is 11.6. The van der Waals surface area contributed by atoms with Crippen molar-refractivity contribution in [2.45, 2.75) is 37.5 Å². The van der Waals surface area contributed by atoms with Crippen molar-refractivity contribution in [3.8, 4) is 5.75 Å². The number of hydrogen-bond donors (Lipinski definition) is 1. The molecule has 0 spiro atoms. The fourth-order valence-electron chi connectivity index (χ4n) is 2.61. The van der Waals surface area contributed by atoms with Gasteiger partial charge < -0.3 is 9.84 Å². The number of para-hydroxylation sites is 1. The maximum absolute atomic E-state index is 11.6. The predicted octanol–water partition coefficient (Wildman–Crippen LogP) is 2.98. The predicted molar refractivity (Wildman–Crippen MR) is 67.8 cm³/mol. The Morgan fingerprint density at radius 2 is 2.06 bits per heavy atom. The van der Waals surface area contributed by atoms with Gasteiger partial charge in [-0.15, -0.1) is 0 Å². The van der Waals surface area contributed by atoms with E-state index in [2.05, 4.69) is 0 Å². The number of ether oxygens (including phenoxy) is 1. The van der Waals surface area contributed by atoms with Crippen molar-refractivity contribution in [3.63, 3.8) is 0 Å². The van der Waals surface area contributed by atoms with Crippen molar-refractivity contribution in [1.29, 1.82) is 0 Å². The second-order valence-electron chi connectivity index (χ2n) is 5.49. The fourth-order valence-corrected chi connectivity index (χ4v) is 2.61. The van der Waals surface area contributed by atoms with Gasteiger partial charge in [0.25, 0.3) is 0 Å². The van der Waals surface area contributed by atoms with Gasteiger partial charge in [-0.2, -0.15) is 0 Å². The van der Waals surface area contributed by atoms with E-state index >= 15 is 0 Å². The van der Waals surface area contributed by atoms with Crippen molar-refractivity contribution in [2.24, 2.45) is 5.92 Å². The van der Waals surface area contributed by atoms with Gasteiger partial charge in [0.15, 0.2) is 0 Å². The summed E-state index contributed by atoms with van der Waals surface area (Å²) in [7, 11) is 0. The third-order valence-corrected chi connectivity index (χ3v) is 4.19. The van der Waals surface area contributed by atoms with E-state index in [0.717, 1.165) is 37.2 Å². The zero-order valence-electron chi connectivity index (χ0n) is 10.4. The zero-order valence-corrected chi connectivity index (χ0v) is 10.4. The average Bonchev–Trinajstić information content (AvgIpc) is 3.09. The summed E-state index contributed by atoms with van der Waals surface area (Å²) in [6.45, 7) is 0.729. The number of carbonyl (C=O) groups is 1. The first-order chi connectivity index (χ1) is 8.72. The van der Waals surface area contributed by atoms with Crippen molar-refractivity contribution < 1.29 is 14.6 Å². The molecule has 1 aromatic rings. The molecule has 1 N–H and O–H groups in total. The molecule has 0 heterocycles. The van der Waals surface area contributed by atoms with E-state index in [1.165, 1.54) is 12.8 Å². The Hall–Kier alpha value is -1.51. The number of carboxylic acids is 1. The zero-order chi connectivity index (χ0) is 12.6. The third kappa shape index (κ3) is 1.88. The van der Waals surface area contributed by atoms with Crippen LogP contribution in [0.2, 0.25) is 0 Å². The minimum atomic E-state index is -0.712. The molecule has 2 aliphatic rings. The van der Waals surface area contributed by atoms with Crippen LogP contribution in [-0.4, -0.2) is 17.7 Å². The summed E-state index contributed by atoms with van der Waals surface area (Å²) >= 11 is 0. The van der Waals surface area contributed by atoms with Gasteiger partial charge in [0.2, 0.25) is 0 Å². The number of carboxylic acid groups (broad SMARTS) is 1. The second kappa shape index (κ2) is 4.30. The van der Waals surface area contributed by atoms with E-state index < -0.39 is 11.4 Å². The Morgan fingerprint density at radius 1 is 1.33 bits per heavy atom. The van der Waals surface area contributed by atoms with Crippen LogP contribution in [0.4, 0.5) is 0 Å². The lowest BCUT2D eigenvalue weighted by Crippen LogP contribution is -2.42. The topological polar surface area (TPSA) is 46.5 Å². The van der Waals surface area contributed by atoms with Crippen LogP contribution in [0.25, 0.3) is 0 Å². The van der Waals surface area contributed by atoms with E-state index in [9.17, 15) is 9.90 Å². The molecule has 1 aromatic carbocycles. The number of benzene rings is 1. The minimum absolute atomic E-state index is 0.681. The van der Waals surface area contributed by atoms with Crippen LogP contribution in [0.15, 0.2) is 24.3 Å². The van der Waals surface area contributed by atoms with Crippen LogP contribution in [-0.2, 0) is 10.2 Å². The molecule has 0 bridgehead atoms. The van der Waals surface area contributed by atoms with Crippen LogP contribution in [0.3, 0.4) is 0 Å². The molecule has 0 unspecified atom stereocenters. The number of hydrogen-bond acceptors (Lipinski definition) is 2. The highest BCUT2D eigenvalue weighted by Gasteiger charge is 2.47. The standard InChI is InChI=1S/C15H18O3/c16-14(17)15(8-3-9-15)12-4-1-2-5-13(12)18-10-11-6-7-11/h1-2,4-5,11H,3,6-10H2,(H,16,17). The van der Waals surface area contributed by atoms with Crippen molar-refractivity contribution in [1.82, 2.24) is 0 Å². The van der Waals surface area contributed by atoms with Gasteiger partial charge >= 0.3 is 5.97 Å². The molecule has 0 aliphatic heterocycles. The van der Waals surface area contributed by atoms with Crippen LogP contribution < -0.4 is 4.74 Å². The van der Waals surface area contributed by atoms with Gasteiger partial charge in [-0.05, 0) is 37.7 Å². The summed E-state index contributed by atoms with van der Waals surface area (Å²) in [5, 5.41) is 9.50. The Labute approximate surface area is 107 Å². The van der Waals surface area contributed by atoms with E-state index in [4.69, 9.17) is 4.74 Å². The second-order valence-corrected chi connectivity index (χ2v) is 5.49. The van der Waals surface area contributed by atoms with Gasteiger partial charge in [-0.3, -0.25) is 4.79 Å². The van der Waals surface area contributed by atoms with Crippen LogP contribution in [0.1, 0.15) is 37.7 Å². The van der Waals surface area contributed by atoms with Crippen LogP contribution >= 0.6 is 0 Å². The highest BCUT2D eigenvalue weighted by Crippen LogP contribution is 2.47.